The third-order valence-electron chi connectivity index (χ3n) is 5.16. The molecule has 2 aliphatic heterocycles. The van der Waals surface area contributed by atoms with Crippen molar-refractivity contribution in [3.8, 4) is 0 Å². The summed E-state index contributed by atoms with van der Waals surface area (Å²) in [6, 6.07) is 2.09. The van der Waals surface area contributed by atoms with Gasteiger partial charge in [-0.15, -0.1) is 0 Å². The molecular weight excluding hydrogens is 332 g/mol. The standard InChI is InChI=1S/C18H22N6O2/c25-16(14-11-19-13-20-12-14)24-7-3-18(4-8-24)10-15(2-9-26-18)23-17-21-5-1-6-22-17/h1,5-6,11-13,15H,2-4,7-10H2,(H,21,22,23)/t15-/m0/s1. The zero-order chi connectivity index (χ0) is 17.8. The van der Waals surface area contributed by atoms with E-state index in [1.54, 1.807) is 30.9 Å². The highest BCUT2D eigenvalue weighted by atomic mass is 16.5. The number of amides is 1. The van der Waals surface area contributed by atoms with Gasteiger partial charge in [0.25, 0.3) is 5.91 Å². The number of ether oxygens (including phenoxy) is 1. The summed E-state index contributed by atoms with van der Waals surface area (Å²) in [7, 11) is 0. The molecule has 8 heteroatoms. The topological polar surface area (TPSA) is 93.1 Å². The van der Waals surface area contributed by atoms with Crippen LogP contribution in [0.4, 0.5) is 5.95 Å². The van der Waals surface area contributed by atoms with Gasteiger partial charge < -0.3 is 15.0 Å². The lowest BCUT2D eigenvalue weighted by Crippen LogP contribution is -2.52. The number of nitrogens with one attached hydrogen (secondary N) is 1. The van der Waals surface area contributed by atoms with Crippen molar-refractivity contribution in [1.82, 2.24) is 24.8 Å². The van der Waals surface area contributed by atoms with Crippen LogP contribution in [0.1, 0.15) is 36.0 Å². The van der Waals surface area contributed by atoms with Gasteiger partial charge in [0.05, 0.1) is 11.2 Å². The molecule has 8 nitrogen and oxygen atoms in total. The maximum atomic E-state index is 12.6. The third-order valence-corrected chi connectivity index (χ3v) is 5.16. The number of carbonyl (C=O) groups is 1. The number of nitrogens with zero attached hydrogens (tertiary/aromatic N) is 5. The van der Waals surface area contributed by atoms with Gasteiger partial charge in [-0.05, 0) is 31.7 Å². The first kappa shape index (κ1) is 16.8. The summed E-state index contributed by atoms with van der Waals surface area (Å²) in [6.07, 6.45) is 11.5. The van der Waals surface area contributed by atoms with Crippen molar-refractivity contribution < 1.29 is 9.53 Å². The van der Waals surface area contributed by atoms with Gasteiger partial charge in [0.2, 0.25) is 5.95 Å². The quantitative estimate of drug-likeness (QED) is 0.893. The summed E-state index contributed by atoms with van der Waals surface area (Å²) in [6.45, 7) is 2.08. The summed E-state index contributed by atoms with van der Waals surface area (Å²) in [5.74, 6) is 0.648. The number of piperidine rings is 1. The maximum Gasteiger partial charge on any atom is 0.256 e. The SMILES string of the molecule is O=C(c1cncnc1)N1CCC2(CC1)C[C@@H](Nc1ncccn1)CCO2. The molecule has 1 amide bonds. The molecule has 4 rings (SSSR count). The van der Waals surface area contributed by atoms with Crippen molar-refractivity contribution in [2.75, 3.05) is 25.0 Å². The fourth-order valence-corrected chi connectivity index (χ4v) is 3.77. The van der Waals surface area contributed by atoms with E-state index in [1.807, 2.05) is 4.90 Å². The van der Waals surface area contributed by atoms with Crippen molar-refractivity contribution in [2.45, 2.75) is 37.3 Å². The highest BCUT2D eigenvalue weighted by Crippen LogP contribution is 2.36. The molecule has 2 aromatic rings. The molecule has 26 heavy (non-hydrogen) atoms. The van der Waals surface area contributed by atoms with Gasteiger partial charge in [-0.2, -0.15) is 0 Å². The van der Waals surface area contributed by atoms with E-state index < -0.39 is 0 Å². The molecule has 0 aromatic carbocycles. The van der Waals surface area contributed by atoms with E-state index in [0.717, 1.165) is 25.7 Å². The Morgan fingerprint density at radius 2 is 1.92 bits per heavy atom. The number of anilines is 1. The van der Waals surface area contributed by atoms with Gasteiger partial charge in [-0.1, -0.05) is 0 Å². The molecule has 0 unspecified atom stereocenters. The predicted molar refractivity (Wildman–Crippen MR) is 94.5 cm³/mol. The molecule has 1 spiro atoms. The smallest absolute Gasteiger partial charge is 0.256 e. The molecule has 0 bridgehead atoms. The van der Waals surface area contributed by atoms with Crippen LogP contribution in [0.3, 0.4) is 0 Å². The molecular formula is C18H22N6O2. The molecule has 2 aliphatic rings. The van der Waals surface area contributed by atoms with Crippen LogP contribution in [0.5, 0.6) is 0 Å². The monoisotopic (exact) mass is 354 g/mol. The van der Waals surface area contributed by atoms with Gasteiger partial charge in [0, 0.05) is 50.5 Å². The van der Waals surface area contributed by atoms with E-state index in [9.17, 15) is 4.79 Å². The average molecular weight is 354 g/mol. The summed E-state index contributed by atoms with van der Waals surface area (Å²) in [5.41, 5.74) is 0.364. The lowest BCUT2D eigenvalue weighted by molar-refractivity contribution is -0.110. The third kappa shape index (κ3) is 3.65. The van der Waals surface area contributed by atoms with Crippen LogP contribution in [0.2, 0.25) is 0 Å². The molecule has 2 aromatic heterocycles. The van der Waals surface area contributed by atoms with Crippen LogP contribution < -0.4 is 5.32 Å². The van der Waals surface area contributed by atoms with E-state index in [1.165, 1.54) is 6.33 Å². The Morgan fingerprint density at radius 3 is 2.65 bits per heavy atom. The Bertz CT molecular complexity index is 734. The lowest BCUT2D eigenvalue weighted by Gasteiger charge is -2.46. The van der Waals surface area contributed by atoms with Crippen LogP contribution >= 0.6 is 0 Å². The molecule has 2 saturated heterocycles. The Kier molecular flexibility index (Phi) is 4.75. The number of hydrogen-bond acceptors (Lipinski definition) is 7. The Morgan fingerprint density at radius 1 is 1.19 bits per heavy atom. The number of carbonyl (C=O) groups excluding carboxylic acids is 1. The Balaban J connectivity index is 1.36. The van der Waals surface area contributed by atoms with E-state index in [2.05, 4.69) is 25.3 Å². The van der Waals surface area contributed by atoms with Gasteiger partial charge in [-0.3, -0.25) is 4.79 Å². The van der Waals surface area contributed by atoms with E-state index in [-0.39, 0.29) is 17.6 Å². The largest absolute Gasteiger partial charge is 0.375 e. The maximum absolute atomic E-state index is 12.6. The molecule has 136 valence electrons. The number of rotatable bonds is 3. The van der Waals surface area contributed by atoms with Gasteiger partial charge in [0.1, 0.15) is 6.33 Å². The van der Waals surface area contributed by atoms with E-state index >= 15 is 0 Å². The highest BCUT2D eigenvalue weighted by Gasteiger charge is 2.41. The van der Waals surface area contributed by atoms with Crippen molar-refractivity contribution in [1.29, 1.82) is 0 Å². The molecule has 4 heterocycles. The minimum atomic E-state index is -0.172. The normalized spacial score (nSPS) is 22.2. The molecule has 0 radical (unpaired) electrons. The van der Waals surface area contributed by atoms with Crippen molar-refractivity contribution >= 4 is 11.9 Å². The van der Waals surface area contributed by atoms with Crippen LogP contribution in [0, 0.1) is 0 Å². The highest BCUT2D eigenvalue weighted by molar-refractivity contribution is 5.93. The van der Waals surface area contributed by atoms with Gasteiger partial charge in [-0.25, -0.2) is 19.9 Å². The molecule has 1 atom stereocenters. The predicted octanol–water partition coefficient (Wildman–Crippen LogP) is 1.53. The second-order valence-electron chi connectivity index (χ2n) is 6.86. The fourth-order valence-electron chi connectivity index (χ4n) is 3.77. The zero-order valence-electron chi connectivity index (χ0n) is 14.5. The minimum Gasteiger partial charge on any atom is -0.375 e. The average Bonchev–Trinajstić information content (AvgIpc) is 2.70. The molecule has 0 aliphatic carbocycles. The molecule has 0 saturated carbocycles. The van der Waals surface area contributed by atoms with Crippen LogP contribution in [-0.4, -0.2) is 62.1 Å². The van der Waals surface area contributed by atoms with Crippen LogP contribution in [0.25, 0.3) is 0 Å². The second kappa shape index (κ2) is 7.33. The Labute approximate surface area is 152 Å². The van der Waals surface area contributed by atoms with Crippen molar-refractivity contribution in [3.05, 3.63) is 42.7 Å². The molecule has 2 fully saturated rings. The van der Waals surface area contributed by atoms with Crippen LogP contribution in [0.15, 0.2) is 37.2 Å². The lowest BCUT2D eigenvalue weighted by atomic mass is 9.82. The Hall–Kier alpha value is -2.61. The summed E-state index contributed by atoms with van der Waals surface area (Å²) >= 11 is 0. The first-order valence-electron chi connectivity index (χ1n) is 8.96. The number of hydrogen-bond donors (Lipinski definition) is 1. The van der Waals surface area contributed by atoms with E-state index in [0.29, 0.717) is 31.2 Å². The second-order valence-corrected chi connectivity index (χ2v) is 6.86. The van der Waals surface area contributed by atoms with Crippen LogP contribution in [-0.2, 0) is 4.74 Å². The summed E-state index contributed by atoms with van der Waals surface area (Å²) in [5, 5.41) is 3.41. The number of likely N-dealkylation sites (tertiary alicyclic amines) is 1. The first-order chi connectivity index (χ1) is 12.7. The van der Waals surface area contributed by atoms with Gasteiger partial charge >= 0.3 is 0 Å². The molecule has 1 N–H and O–H groups in total. The summed E-state index contributed by atoms with van der Waals surface area (Å²) < 4.78 is 6.16. The number of aromatic nitrogens is 4. The van der Waals surface area contributed by atoms with Crippen molar-refractivity contribution in [2.24, 2.45) is 0 Å². The first-order valence-corrected chi connectivity index (χ1v) is 8.96. The van der Waals surface area contributed by atoms with Crippen molar-refractivity contribution in [3.63, 3.8) is 0 Å². The minimum absolute atomic E-state index is 0.0105. The van der Waals surface area contributed by atoms with Gasteiger partial charge in [0.15, 0.2) is 0 Å². The van der Waals surface area contributed by atoms with E-state index in [4.69, 9.17) is 4.74 Å². The summed E-state index contributed by atoms with van der Waals surface area (Å²) in [4.78, 5) is 30.8. The fraction of sp³-hybridized carbons (Fsp3) is 0.500. The zero-order valence-corrected chi connectivity index (χ0v) is 14.5.